The van der Waals surface area contributed by atoms with Crippen molar-refractivity contribution >= 4 is 23.2 Å². The van der Waals surface area contributed by atoms with Crippen molar-refractivity contribution in [2.45, 2.75) is 20.3 Å². The molecule has 0 saturated carbocycles. The molecule has 7 heteroatoms. The second kappa shape index (κ2) is 6.87. The molecule has 2 rings (SSSR count). The maximum Gasteiger partial charge on any atom is 0.310 e. The monoisotopic (exact) mass is 336 g/mol. The Kier molecular flexibility index (Phi) is 5.10. The van der Waals surface area contributed by atoms with Crippen molar-refractivity contribution in [2.75, 3.05) is 6.54 Å². The lowest BCUT2D eigenvalue weighted by Crippen LogP contribution is -2.38. The Bertz CT molecular complexity index is 710. The van der Waals surface area contributed by atoms with Crippen LogP contribution in [0.25, 0.3) is 0 Å². The number of carboxylic acids is 1. The summed E-state index contributed by atoms with van der Waals surface area (Å²) < 4.78 is 12.9. The third kappa shape index (κ3) is 4.59. The van der Waals surface area contributed by atoms with Crippen molar-refractivity contribution in [1.29, 1.82) is 0 Å². The SMILES string of the molecule is CC(C)(CNC(=O)c1cnc(Cc2ccc(F)cc2)s1)C(=O)O. The van der Waals surface area contributed by atoms with Gasteiger partial charge >= 0.3 is 5.97 Å². The van der Waals surface area contributed by atoms with Crippen LogP contribution in [0, 0.1) is 11.2 Å². The van der Waals surface area contributed by atoms with E-state index in [2.05, 4.69) is 10.3 Å². The molecule has 5 nitrogen and oxygen atoms in total. The number of amides is 1. The fourth-order valence-electron chi connectivity index (χ4n) is 1.74. The molecule has 0 unspecified atom stereocenters. The largest absolute Gasteiger partial charge is 0.481 e. The molecule has 0 atom stereocenters. The van der Waals surface area contributed by atoms with E-state index in [4.69, 9.17) is 5.11 Å². The van der Waals surface area contributed by atoms with Crippen LogP contribution in [-0.2, 0) is 11.2 Å². The second-order valence-electron chi connectivity index (χ2n) is 5.79. The van der Waals surface area contributed by atoms with Crippen LogP contribution in [0.15, 0.2) is 30.5 Å². The van der Waals surface area contributed by atoms with Gasteiger partial charge in [0.1, 0.15) is 10.7 Å². The van der Waals surface area contributed by atoms with Crippen LogP contribution in [0.1, 0.15) is 34.1 Å². The molecule has 0 aliphatic carbocycles. The van der Waals surface area contributed by atoms with E-state index in [1.54, 1.807) is 26.0 Å². The van der Waals surface area contributed by atoms with Crippen LogP contribution in [-0.4, -0.2) is 28.5 Å². The van der Waals surface area contributed by atoms with E-state index in [0.717, 1.165) is 10.6 Å². The van der Waals surface area contributed by atoms with E-state index in [1.807, 2.05) is 0 Å². The summed E-state index contributed by atoms with van der Waals surface area (Å²) >= 11 is 1.23. The lowest BCUT2D eigenvalue weighted by molar-refractivity contribution is -0.146. The molecule has 0 radical (unpaired) electrons. The average molecular weight is 336 g/mol. The minimum atomic E-state index is -1.03. The van der Waals surface area contributed by atoms with Crippen molar-refractivity contribution in [1.82, 2.24) is 10.3 Å². The predicted molar refractivity (Wildman–Crippen MR) is 85.1 cm³/mol. The Morgan fingerprint density at radius 1 is 1.30 bits per heavy atom. The van der Waals surface area contributed by atoms with Gasteiger partial charge in [-0.2, -0.15) is 0 Å². The van der Waals surface area contributed by atoms with E-state index in [1.165, 1.54) is 29.7 Å². The number of carbonyl (C=O) groups excluding carboxylic acids is 1. The molecule has 0 aliphatic rings. The van der Waals surface area contributed by atoms with Crippen LogP contribution >= 0.6 is 11.3 Å². The number of hydrogen-bond donors (Lipinski definition) is 2. The molecular weight excluding hydrogens is 319 g/mol. The molecule has 0 saturated heterocycles. The normalized spacial score (nSPS) is 11.3. The lowest BCUT2D eigenvalue weighted by atomic mass is 9.94. The van der Waals surface area contributed by atoms with Crippen LogP contribution in [0.4, 0.5) is 4.39 Å². The van der Waals surface area contributed by atoms with Gasteiger partial charge in [0.2, 0.25) is 0 Å². The molecule has 0 fully saturated rings. The smallest absolute Gasteiger partial charge is 0.310 e. The van der Waals surface area contributed by atoms with Crippen LogP contribution in [0.3, 0.4) is 0 Å². The number of halogens is 1. The highest BCUT2D eigenvalue weighted by atomic mass is 32.1. The zero-order valence-electron chi connectivity index (χ0n) is 12.8. The number of carbonyl (C=O) groups is 2. The summed E-state index contributed by atoms with van der Waals surface area (Å²) in [4.78, 5) is 27.7. The minimum Gasteiger partial charge on any atom is -0.481 e. The number of benzene rings is 1. The van der Waals surface area contributed by atoms with Crippen molar-refractivity contribution < 1.29 is 19.1 Å². The summed E-state index contributed by atoms with van der Waals surface area (Å²) in [5.41, 5.74) is -0.128. The van der Waals surface area contributed by atoms with Gasteiger partial charge in [0.05, 0.1) is 16.6 Å². The first-order valence-electron chi connectivity index (χ1n) is 6.99. The number of rotatable bonds is 6. The molecule has 0 spiro atoms. The fourth-order valence-corrected chi connectivity index (χ4v) is 2.61. The highest BCUT2D eigenvalue weighted by Crippen LogP contribution is 2.18. The molecule has 1 aromatic carbocycles. The maximum absolute atomic E-state index is 12.9. The second-order valence-corrected chi connectivity index (χ2v) is 6.91. The van der Waals surface area contributed by atoms with E-state index in [0.29, 0.717) is 11.3 Å². The number of thiazole rings is 1. The Balaban J connectivity index is 1.97. The summed E-state index contributed by atoms with van der Waals surface area (Å²) in [6.45, 7) is 3.12. The molecule has 0 bridgehead atoms. The third-order valence-electron chi connectivity index (χ3n) is 3.32. The Morgan fingerprint density at radius 2 is 1.96 bits per heavy atom. The highest BCUT2D eigenvalue weighted by molar-refractivity contribution is 7.13. The molecule has 23 heavy (non-hydrogen) atoms. The lowest BCUT2D eigenvalue weighted by Gasteiger charge is -2.18. The molecule has 1 aromatic heterocycles. The number of nitrogens with zero attached hydrogens (tertiary/aromatic N) is 1. The topological polar surface area (TPSA) is 79.3 Å². The Morgan fingerprint density at radius 3 is 2.57 bits per heavy atom. The van der Waals surface area contributed by atoms with E-state index in [9.17, 15) is 14.0 Å². The Labute approximate surface area is 137 Å². The first-order valence-corrected chi connectivity index (χ1v) is 7.80. The van der Waals surface area contributed by atoms with Gasteiger partial charge in [-0.05, 0) is 31.5 Å². The molecule has 0 aliphatic heterocycles. The molecule has 1 amide bonds. The fraction of sp³-hybridized carbons (Fsp3) is 0.312. The van der Waals surface area contributed by atoms with Gasteiger partial charge in [-0.15, -0.1) is 11.3 Å². The number of aliphatic carboxylic acids is 1. The summed E-state index contributed by atoms with van der Waals surface area (Å²) in [5, 5.41) is 12.4. The molecule has 2 aromatic rings. The quantitative estimate of drug-likeness (QED) is 0.850. The third-order valence-corrected chi connectivity index (χ3v) is 4.31. The highest BCUT2D eigenvalue weighted by Gasteiger charge is 2.28. The number of nitrogens with one attached hydrogen (secondary N) is 1. The average Bonchev–Trinajstić information content (AvgIpc) is 2.96. The van der Waals surface area contributed by atoms with E-state index in [-0.39, 0.29) is 18.3 Å². The summed E-state index contributed by atoms with van der Waals surface area (Å²) in [5.74, 6) is -1.62. The van der Waals surface area contributed by atoms with Gasteiger partial charge in [0, 0.05) is 13.0 Å². The minimum absolute atomic E-state index is 0.0341. The first-order chi connectivity index (χ1) is 10.8. The van der Waals surface area contributed by atoms with Crippen molar-refractivity contribution in [3.8, 4) is 0 Å². The van der Waals surface area contributed by atoms with E-state index < -0.39 is 11.4 Å². The number of hydrogen-bond acceptors (Lipinski definition) is 4. The van der Waals surface area contributed by atoms with Gasteiger partial charge in [0.25, 0.3) is 5.91 Å². The summed E-state index contributed by atoms with van der Waals surface area (Å²) in [6, 6.07) is 6.10. The predicted octanol–water partition coefficient (Wildman–Crippen LogP) is 2.71. The van der Waals surface area contributed by atoms with Gasteiger partial charge in [-0.25, -0.2) is 9.37 Å². The van der Waals surface area contributed by atoms with Gasteiger partial charge < -0.3 is 10.4 Å². The first kappa shape index (κ1) is 17.1. The summed E-state index contributed by atoms with van der Waals surface area (Å²) in [7, 11) is 0. The standard InChI is InChI=1S/C16H17FN2O3S/c1-16(2,15(21)22)9-19-14(20)12-8-18-13(23-12)7-10-3-5-11(17)6-4-10/h3-6,8H,7,9H2,1-2H3,(H,19,20)(H,21,22). The molecule has 122 valence electrons. The summed E-state index contributed by atoms with van der Waals surface area (Å²) in [6.07, 6.45) is 1.98. The van der Waals surface area contributed by atoms with Gasteiger partial charge in [-0.1, -0.05) is 12.1 Å². The number of aromatic nitrogens is 1. The van der Waals surface area contributed by atoms with Gasteiger partial charge in [-0.3, -0.25) is 9.59 Å². The zero-order valence-corrected chi connectivity index (χ0v) is 13.6. The van der Waals surface area contributed by atoms with E-state index >= 15 is 0 Å². The Hall–Kier alpha value is -2.28. The van der Waals surface area contributed by atoms with Crippen LogP contribution < -0.4 is 5.32 Å². The van der Waals surface area contributed by atoms with Crippen LogP contribution in [0.2, 0.25) is 0 Å². The van der Waals surface area contributed by atoms with Crippen molar-refractivity contribution in [2.24, 2.45) is 5.41 Å². The molecule has 2 N–H and O–H groups in total. The molecular formula is C16H17FN2O3S. The molecule has 1 heterocycles. The maximum atomic E-state index is 12.9. The van der Waals surface area contributed by atoms with Crippen molar-refractivity contribution in [3.63, 3.8) is 0 Å². The van der Waals surface area contributed by atoms with Gasteiger partial charge in [0.15, 0.2) is 0 Å². The number of carboxylic acid groups (broad SMARTS) is 1. The zero-order chi connectivity index (χ0) is 17.0. The van der Waals surface area contributed by atoms with Crippen LogP contribution in [0.5, 0.6) is 0 Å². The van der Waals surface area contributed by atoms with Crippen molar-refractivity contribution in [3.05, 3.63) is 51.7 Å².